The molecule has 0 fully saturated rings. The van der Waals surface area contributed by atoms with Gasteiger partial charge in [0, 0.05) is 13.2 Å². The second-order valence-electron chi connectivity index (χ2n) is 18.3. The molecule has 2 atom stereocenters. The van der Waals surface area contributed by atoms with Crippen LogP contribution in [0, 0.1) is 5.92 Å². The van der Waals surface area contributed by atoms with Gasteiger partial charge in [0.15, 0.2) is 8.32 Å². The van der Waals surface area contributed by atoms with Crippen molar-refractivity contribution in [2.75, 3.05) is 39.5 Å². The molecule has 0 aromatic heterocycles. The lowest BCUT2D eigenvalue weighted by molar-refractivity contribution is -0.149. The molecule has 6 nitrogen and oxygen atoms in total. The topological polar surface area (TPSA) is 68.2 Å². The average molecular weight is 826 g/mol. The number of carbonyl (C=O) groups excluding carboxylic acids is 1. The number of nitrogens with zero attached hydrogens (tertiary/aromatic N) is 1. The number of ether oxygens (including phenoxy) is 2. The van der Waals surface area contributed by atoms with Gasteiger partial charge in [-0.25, -0.2) is 0 Å². The van der Waals surface area contributed by atoms with E-state index < -0.39 is 8.32 Å². The van der Waals surface area contributed by atoms with E-state index >= 15 is 0 Å². The molecule has 0 aromatic rings. The van der Waals surface area contributed by atoms with Gasteiger partial charge in [-0.05, 0) is 103 Å². The number of hydrogen-bond donors (Lipinski definition) is 1. The molecular formula is C50H103NO5Si. The van der Waals surface area contributed by atoms with E-state index in [2.05, 4.69) is 45.7 Å². The van der Waals surface area contributed by atoms with Gasteiger partial charge in [0.1, 0.15) is 6.29 Å². The van der Waals surface area contributed by atoms with E-state index in [1.165, 1.54) is 160 Å². The van der Waals surface area contributed by atoms with Gasteiger partial charge >= 0.3 is 5.97 Å². The minimum absolute atomic E-state index is 0.0189. The highest BCUT2D eigenvalue weighted by molar-refractivity contribution is 6.71. The zero-order valence-electron chi connectivity index (χ0n) is 39.7. The number of aliphatic hydroxyl groups is 1. The fourth-order valence-electron chi connectivity index (χ4n) is 8.08. The van der Waals surface area contributed by atoms with Gasteiger partial charge in [-0.1, -0.05) is 182 Å². The molecule has 0 heterocycles. The first-order valence-electron chi connectivity index (χ1n) is 25.6. The van der Waals surface area contributed by atoms with Crippen LogP contribution in [0.2, 0.25) is 19.1 Å². The Hall–Kier alpha value is -0.473. The molecule has 7 heteroatoms. The van der Waals surface area contributed by atoms with E-state index in [1.807, 2.05) is 0 Å². The van der Waals surface area contributed by atoms with Gasteiger partial charge in [-0.15, -0.1) is 0 Å². The zero-order chi connectivity index (χ0) is 41.9. The second kappa shape index (κ2) is 43.6. The summed E-state index contributed by atoms with van der Waals surface area (Å²) < 4.78 is 19.1. The molecule has 342 valence electrons. The van der Waals surface area contributed by atoms with E-state index in [4.69, 9.17) is 13.9 Å². The normalized spacial score (nSPS) is 13.1. The average Bonchev–Trinajstić information content (AvgIpc) is 3.19. The van der Waals surface area contributed by atoms with Gasteiger partial charge in [-0.2, -0.15) is 0 Å². The lowest BCUT2D eigenvalue weighted by atomic mass is 9.94. The van der Waals surface area contributed by atoms with Crippen molar-refractivity contribution in [2.45, 2.75) is 271 Å². The number of aliphatic hydroxyl groups excluding tert-OH is 1. The Balaban J connectivity index is 4.50. The summed E-state index contributed by atoms with van der Waals surface area (Å²) in [6.07, 6.45) is 41.3. The molecule has 0 aromatic carbocycles. The SMILES string of the molecule is CCCCCCCCC(CCCCCC)C(=O)OCCCCCCN(CCCCO)CCCCCCOC(CCCCCCC)O[Si](C)(C)CCCCCCCC. The summed E-state index contributed by atoms with van der Waals surface area (Å²) in [7, 11) is -1.73. The number of esters is 1. The van der Waals surface area contributed by atoms with E-state index in [9.17, 15) is 9.90 Å². The third-order valence-corrected chi connectivity index (χ3v) is 14.4. The van der Waals surface area contributed by atoms with Crippen molar-refractivity contribution in [3.05, 3.63) is 0 Å². The minimum Gasteiger partial charge on any atom is -0.465 e. The van der Waals surface area contributed by atoms with Gasteiger partial charge in [-0.3, -0.25) is 4.79 Å². The van der Waals surface area contributed by atoms with Crippen LogP contribution in [0.4, 0.5) is 0 Å². The summed E-state index contributed by atoms with van der Waals surface area (Å²) in [6.45, 7) is 18.9. The lowest BCUT2D eigenvalue weighted by Gasteiger charge is -2.30. The molecule has 0 spiro atoms. The monoisotopic (exact) mass is 826 g/mol. The quantitative estimate of drug-likeness (QED) is 0.0285. The van der Waals surface area contributed by atoms with Crippen molar-refractivity contribution in [1.29, 1.82) is 0 Å². The van der Waals surface area contributed by atoms with E-state index in [1.54, 1.807) is 0 Å². The number of carbonyl (C=O) groups is 1. The summed E-state index contributed by atoms with van der Waals surface area (Å²) in [4.78, 5) is 15.6. The Morgan fingerprint density at radius 1 is 0.491 bits per heavy atom. The van der Waals surface area contributed by atoms with Crippen LogP contribution >= 0.6 is 0 Å². The van der Waals surface area contributed by atoms with Crippen molar-refractivity contribution < 1.29 is 23.8 Å². The van der Waals surface area contributed by atoms with Crippen LogP contribution in [0.25, 0.3) is 0 Å². The summed E-state index contributed by atoms with van der Waals surface area (Å²) >= 11 is 0. The largest absolute Gasteiger partial charge is 0.465 e. The summed E-state index contributed by atoms with van der Waals surface area (Å²) in [5, 5.41) is 9.38. The molecule has 0 rings (SSSR count). The first-order chi connectivity index (χ1) is 27.8. The van der Waals surface area contributed by atoms with Gasteiger partial charge in [0.2, 0.25) is 0 Å². The van der Waals surface area contributed by atoms with Crippen LogP contribution in [0.5, 0.6) is 0 Å². The van der Waals surface area contributed by atoms with E-state index in [0.29, 0.717) is 6.61 Å². The lowest BCUT2D eigenvalue weighted by Crippen LogP contribution is -2.36. The molecule has 0 bridgehead atoms. The number of rotatable bonds is 47. The highest BCUT2D eigenvalue weighted by Crippen LogP contribution is 2.23. The van der Waals surface area contributed by atoms with Crippen molar-refractivity contribution >= 4 is 14.3 Å². The Bertz CT molecular complexity index is 814. The number of hydrogen-bond acceptors (Lipinski definition) is 6. The highest BCUT2D eigenvalue weighted by atomic mass is 28.4. The predicted octanol–water partition coefficient (Wildman–Crippen LogP) is 15.3. The van der Waals surface area contributed by atoms with E-state index in [-0.39, 0.29) is 24.8 Å². The maximum absolute atomic E-state index is 13.0. The molecule has 57 heavy (non-hydrogen) atoms. The third kappa shape index (κ3) is 39.4. The first kappa shape index (κ1) is 56.5. The maximum atomic E-state index is 13.0. The van der Waals surface area contributed by atoms with Gasteiger partial charge < -0.3 is 23.9 Å². The standard InChI is InChI=1S/C50H103NO5Si/c1-7-11-15-19-22-29-39-48(38-28-18-14-10-4)50(53)55-46-36-26-24-32-42-51(43-33-34-44-52)41-31-23-25-35-45-54-49(40-30-21-17-13-9-3)56-57(5,6)47-37-27-20-16-12-8-2/h48-49,52H,7-47H2,1-6H3. The third-order valence-electron chi connectivity index (χ3n) is 11.9. The zero-order valence-corrected chi connectivity index (χ0v) is 40.7. The van der Waals surface area contributed by atoms with Crippen LogP contribution in [-0.2, 0) is 18.7 Å². The van der Waals surface area contributed by atoms with Gasteiger partial charge in [0.25, 0.3) is 0 Å². The van der Waals surface area contributed by atoms with Crippen LogP contribution < -0.4 is 0 Å². The molecule has 2 unspecified atom stereocenters. The molecule has 0 amide bonds. The van der Waals surface area contributed by atoms with Crippen molar-refractivity contribution in [2.24, 2.45) is 5.92 Å². The minimum atomic E-state index is -1.73. The summed E-state index contributed by atoms with van der Waals surface area (Å²) in [5.41, 5.74) is 0. The van der Waals surface area contributed by atoms with Gasteiger partial charge in [0.05, 0.1) is 12.5 Å². The molecule has 0 saturated heterocycles. The Labute approximate surface area is 358 Å². The van der Waals surface area contributed by atoms with Crippen LogP contribution in [0.15, 0.2) is 0 Å². The number of unbranched alkanes of at least 4 members (excludes halogenated alkanes) is 24. The second-order valence-corrected chi connectivity index (χ2v) is 22.5. The maximum Gasteiger partial charge on any atom is 0.308 e. The molecule has 1 N–H and O–H groups in total. The molecule has 0 radical (unpaired) electrons. The fourth-order valence-corrected chi connectivity index (χ4v) is 10.2. The van der Waals surface area contributed by atoms with Crippen molar-refractivity contribution in [1.82, 2.24) is 4.90 Å². The molecule has 0 saturated carbocycles. The Kier molecular flexibility index (Phi) is 43.2. The van der Waals surface area contributed by atoms with Crippen molar-refractivity contribution in [3.8, 4) is 0 Å². The molecule has 0 aliphatic carbocycles. The first-order valence-corrected chi connectivity index (χ1v) is 28.7. The molecular weight excluding hydrogens is 723 g/mol. The van der Waals surface area contributed by atoms with Crippen molar-refractivity contribution in [3.63, 3.8) is 0 Å². The Morgan fingerprint density at radius 3 is 1.42 bits per heavy atom. The summed E-state index contributed by atoms with van der Waals surface area (Å²) in [5.74, 6) is 0.166. The van der Waals surface area contributed by atoms with Crippen LogP contribution in [-0.4, -0.2) is 70.0 Å². The smallest absolute Gasteiger partial charge is 0.308 e. The molecule has 0 aliphatic heterocycles. The highest BCUT2D eigenvalue weighted by Gasteiger charge is 2.26. The Morgan fingerprint density at radius 2 is 0.895 bits per heavy atom. The van der Waals surface area contributed by atoms with Crippen LogP contribution in [0.1, 0.15) is 246 Å². The van der Waals surface area contributed by atoms with Crippen LogP contribution in [0.3, 0.4) is 0 Å². The van der Waals surface area contributed by atoms with E-state index in [0.717, 1.165) is 90.4 Å². The fraction of sp³-hybridized carbons (Fsp3) is 0.980. The molecule has 0 aliphatic rings. The predicted molar refractivity (Wildman–Crippen MR) is 251 cm³/mol. The summed E-state index contributed by atoms with van der Waals surface area (Å²) in [6, 6.07) is 1.25.